The first-order valence-corrected chi connectivity index (χ1v) is 7.65. The van der Waals surface area contributed by atoms with Crippen molar-refractivity contribution in [1.82, 2.24) is 0 Å². The van der Waals surface area contributed by atoms with Gasteiger partial charge in [-0.1, -0.05) is 26.2 Å². The zero-order chi connectivity index (χ0) is 11.8. The average Bonchev–Trinajstić information content (AvgIpc) is 2.59. The fourth-order valence-electron chi connectivity index (χ4n) is 2.65. The first-order valence-electron chi connectivity index (χ1n) is 6.04. The zero-order valence-corrected chi connectivity index (χ0v) is 12.5. The number of aryl methyl sites for hydroxylation is 1. The van der Waals surface area contributed by atoms with E-state index in [-0.39, 0.29) is 6.04 Å². The van der Waals surface area contributed by atoms with Crippen molar-refractivity contribution in [3.05, 3.63) is 20.3 Å². The highest BCUT2D eigenvalue weighted by Gasteiger charge is 2.34. The minimum absolute atomic E-state index is 0.211. The molecule has 0 aliphatic heterocycles. The molecule has 1 aliphatic carbocycles. The first kappa shape index (κ1) is 12.6. The van der Waals surface area contributed by atoms with Crippen molar-refractivity contribution in [3.8, 4) is 0 Å². The first-order chi connectivity index (χ1) is 7.53. The molecule has 1 heterocycles. The molecule has 0 amide bonds. The van der Waals surface area contributed by atoms with Crippen molar-refractivity contribution in [3.63, 3.8) is 0 Å². The molecule has 3 heteroatoms. The summed E-state index contributed by atoms with van der Waals surface area (Å²) >= 11 is 5.42. The molecule has 0 aromatic carbocycles. The van der Waals surface area contributed by atoms with Gasteiger partial charge in [0.1, 0.15) is 0 Å². The maximum Gasteiger partial charge on any atom is 0.0444 e. The van der Waals surface area contributed by atoms with Crippen LogP contribution in [0.4, 0.5) is 0 Å². The molecule has 0 spiro atoms. The Morgan fingerprint density at radius 3 is 2.50 bits per heavy atom. The summed E-state index contributed by atoms with van der Waals surface area (Å²) in [4.78, 5) is 2.68. The standard InChI is InChI=1S/C13H20BrNS/c1-9-10(14)8-11(16-9)12(15)13(2)6-4-3-5-7-13/h8,12H,3-7,15H2,1-2H3. The monoisotopic (exact) mass is 301 g/mol. The van der Waals surface area contributed by atoms with E-state index in [1.165, 1.54) is 46.3 Å². The molecular formula is C13H20BrNS. The lowest BCUT2D eigenvalue weighted by atomic mass is 9.70. The van der Waals surface area contributed by atoms with Crippen LogP contribution in [-0.4, -0.2) is 0 Å². The molecule has 1 unspecified atom stereocenters. The number of halogens is 1. The van der Waals surface area contributed by atoms with Crippen molar-refractivity contribution in [1.29, 1.82) is 0 Å². The molecule has 1 fully saturated rings. The number of rotatable bonds is 2. The third-order valence-corrected chi connectivity index (χ3v) is 6.15. The van der Waals surface area contributed by atoms with Crippen LogP contribution >= 0.6 is 27.3 Å². The molecule has 1 atom stereocenters. The van der Waals surface area contributed by atoms with Crippen LogP contribution in [0.5, 0.6) is 0 Å². The van der Waals surface area contributed by atoms with E-state index >= 15 is 0 Å². The third-order valence-electron chi connectivity index (χ3n) is 3.93. The lowest BCUT2D eigenvalue weighted by Gasteiger charge is -2.38. The summed E-state index contributed by atoms with van der Waals surface area (Å²) in [5, 5.41) is 0. The summed E-state index contributed by atoms with van der Waals surface area (Å²) < 4.78 is 1.21. The van der Waals surface area contributed by atoms with Gasteiger partial charge in [0.25, 0.3) is 0 Å². The van der Waals surface area contributed by atoms with E-state index in [0.717, 1.165) is 0 Å². The summed E-state index contributed by atoms with van der Waals surface area (Å²) in [6, 6.07) is 2.42. The van der Waals surface area contributed by atoms with Gasteiger partial charge in [0.15, 0.2) is 0 Å². The van der Waals surface area contributed by atoms with Gasteiger partial charge in [-0.25, -0.2) is 0 Å². The van der Waals surface area contributed by atoms with Crippen LogP contribution in [0.1, 0.15) is 54.8 Å². The lowest BCUT2D eigenvalue weighted by molar-refractivity contribution is 0.172. The van der Waals surface area contributed by atoms with Gasteiger partial charge < -0.3 is 5.73 Å². The van der Waals surface area contributed by atoms with Crippen LogP contribution in [0.15, 0.2) is 10.5 Å². The van der Waals surface area contributed by atoms with E-state index in [0.29, 0.717) is 5.41 Å². The molecule has 2 rings (SSSR count). The van der Waals surface area contributed by atoms with Crippen molar-refractivity contribution in [2.45, 2.75) is 52.0 Å². The van der Waals surface area contributed by atoms with Gasteiger partial charge in [-0.05, 0) is 47.2 Å². The lowest BCUT2D eigenvalue weighted by Crippen LogP contribution is -2.33. The second kappa shape index (κ2) is 4.79. The number of hydrogen-bond acceptors (Lipinski definition) is 2. The van der Waals surface area contributed by atoms with E-state index in [1.807, 2.05) is 11.3 Å². The van der Waals surface area contributed by atoms with Crippen molar-refractivity contribution in [2.75, 3.05) is 0 Å². The Balaban J connectivity index is 2.20. The van der Waals surface area contributed by atoms with Gasteiger partial charge in [-0.15, -0.1) is 11.3 Å². The van der Waals surface area contributed by atoms with Crippen LogP contribution in [0.25, 0.3) is 0 Å². The van der Waals surface area contributed by atoms with Gasteiger partial charge in [-0.3, -0.25) is 0 Å². The van der Waals surface area contributed by atoms with E-state index < -0.39 is 0 Å². The van der Waals surface area contributed by atoms with Gasteiger partial charge in [0.05, 0.1) is 0 Å². The van der Waals surface area contributed by atoms with Crippen LogP contribution in [0, 0.1) is 12.3 Å². The number of hydrogen-bond donors (Lipinski definition) is 1. The maximum absolute atomic E-state index is 6.48. The van der Waals surface area contributed by atoms with Crippen LogP contribution in [0.2, 0.25) is 0 Å². The molecule has 2 N–H and O–H groups in total. The molecule has 90 valence electrons. The molecule has 1 aromatic heterocycles. The minimum atomic E-state index is 0.211. The molecule has 16 heavy (non-hydrogen) atoms. The van der Waals surface area contributed by atoms with E-state index in [9.17, 15) is 0 Å². The van der Waals surface area contributed by atoms with Crippen molar-refractivity contribution in [2.24, 2.45) is 11.1 Å². The Morgan fingerprint density at radius 1 is 1.38 bits per heavy atom. The third kappa shape index (κ3) is 2.36. The van der Waals surface area contributed by atoms with Gasteiger partial charge in [0, 0.05) is 20.3 Å². The Bertz CT molecular complexity index is 347. The predicted octanol–water partition coefficient (Wildman–Crippen LogP) is 4.79. The smallest absolute Gasteiger partial charge is 0.0444 e. The topological polar surface area (TPSA) is 26.0 Å². The van der Waals surface area contributed by atoms with Crippen LogP contribution in [-0.2, 0) is 0 Å². The molecular weight excluding hydrogens is 282 g/mol. The van der Waals surface area contributed by atoms with Crippen LogP contribution < -0.4 is 5.73 Å². The quantitative estimate of drug-likeness (QED) is 0.835. The molecule has 0 saturated heterocycles. The largest absolute Gasteiger partial charge is 0.323 e. The minimum Gasteiger partial charge on any atom is -0.323 e. The Morgan fingerprint density at radius 2 is 2.00 bits per heavy atom. The summed E-state index contributed by atoms with van der Waals surface area (Å²) in [5.41, 5.74) is 6.79. The van der Waals surface area contributed by atoms with Gasteiger partial charge >= 0.3 is 0 Å². The normalized spacial score (nSPS) is 22.0. The highest BCUT2D eigenvalue weighted by molar-refractivity contribution is 9.10. The predicted molar refractivity (Wildman–Crippen MR) is 74.9 cm³/mol. The Labute approximate surface area is 111 Å². The zero-order valence-electron chi connectivity index (χ0n) is 10.1. The van der Waals surface area contributed by atoms with Crippen molar-refractivity contribution >= 4 is 27.3 Å². The summed E-state index contributed by atoms with van der Waals surface area (Å²) in [6.07, 6.45) is 6.63. The van der Waals surface area contributed by atoms with Crippen LogP contribution in [0.3, 0.4) is 0 Å². The fraction of sp³-hybridized carbons (Fsp3) is 0.692. The van der Waals surface area contributed by atoms with Crippen molar-refractivity contribution < 1.29 is 0 Å². The summed E-state index contributed by atoms with van der Waals surface area (Å²) in [7, 11) is 0. The molecule has 0 bridgehead atoms. The van der Waals surface area contributed by atoms with Gasteiger partial charge in [0.2, 0.25) is 0 Å². The molecule has 1 aliphatic rings. The highest BCUT2D eigenvalue weighted by Crippen LogP contribution is 2.46. The summed E-state index contributed by atoms with van der Waals surface area (Å²) in [6.45, 7) is 4.51. The Kier molecular flexibility index (Phi) is 3.77. The molecule has 1 aromatic rings. The Hall–Kier alpha value is 0.140. The summed E-state index contributed by atoms with van der Waals surface area (Å²) in [5.74, 6) is 0. The number of thiophene rings is 1. The SMILES string of the molecule is Cc1sc(C(N)C2(C)CCCCC2)cc1Br. The maximum atomic E-state index is 6.48. The fourth-order valence-corrected chi connectivity index (χ4v) is 4.39. The number of nitrogens with two attached hydrogens (primary N) is 1. The van der Waals surface area contributed by atoms with E-state index in [4.69, 9.17) is 5.73 Å². The van der Waals surface area contributed by atoms with Gasteiger partial charge in [-0.2, -0.15) is 0 Å². The molecule has 1 nitrogen and oxygen atoms in total. The second-order valence-corrected chi connectivity index (χ2v) is 7.39. The average molecular weight is 302 g/mol. The second-order valence-electron chi connectivity index (χ2n) is 5.25. The molecule has 0 radical (unpaired) electrons. The van der Waals surface area contributed by atoms with E-state index in [2.05, 4.69) is 35.8 Å². The highest BCUT2D eigenvalue weighted by atomic mass is 79.9. The van der Waals surface area contributed by atoms with E-state index in [1.54, 1.807) is 0 Å². The molecule has 1 saturated carbocycles.